The van der Waals surface area contributed by atoms with E-state index < -0.39 is 38.4 Å². The quantitative estimate of drug-likeness (QED) is 0.605. The van der Waals surface area contributed by atoms with Gasteiger partial charge in [-0.3, -0.25) is 4.72 Å². The van der Waals surface area contributed by atoms with Crippen molar-refractivity contribution in [3.8, 4) is 0 Å². The van der Waals surface area contributed by atoms with Crippen LogP contribution in [0.4, 0.5) is 32.0 Å². The molecule has 2 aromatic rings. The van der Waals surface area contributed by atoms with Crippen LogP contribution >= 0.6 is 15.9 Å². The number of hydrogen-bond acceptors (Lipinski definition) is 2. The van der Waals surface area contributed by atoms with Gasteiger partial charge in [0.2, 0.25) is 0 Å². The van der Waals surface area contributed by atoms with Crippen molar-refractivity contribution in [3.63, 3.8) is 0 Å². The van der Waals surface area contributed by atoms with Crippen LogP contribution in [-0.4, -0.2) is 8.42 Å². The number of benzene rings is 2. The van der Waals surface area contributed by atoms with Gasteiger partial charge in [0.15, 0.2) is 0 Å². The lowest BCUT2D eigenvalue weighted by Crippen LogP contribution is -2.18. The van der Waals surface area contributed by atoms with Gasteiger partial charge in [-0.1, -0.05) is 22.0 Å². The third-order valence-corrected chi connectivity index (χ3v) is 5.15. The van der Waals surface area contributed by atoms with Gasteiger partial charge >= 0.3 is 12.4 Å². The molecule has 0 amide bonds. The summed E-state index contributed by atoms with van der Waals surface area (Å²) in [6.45, 7) is 1.53. The minimum absolute atomic E-state index is 0.0188. The van der Waals surface area contributed by atoms with Gasteiger partial charge in [-0.15, -0.1) is 0 Å². The number of rotatable bonds is 3. The van der Waals surface area contributed by atoms with Crippen molar-refractivity contribution in [3.05, 3.63) is 57.6 Å². The molecule has 0 aromatic heterocycles. The summed E-state index contributed by atoms with van der Waals surface area (Å²) in [6, 6.07) is 4.64. The van der Waals surface area contributed by atoms with Crippen LogP contribution in [0.25, 0.3) is 0 Å². The Morgan fingerprint density at radius 2 is 1.38 bits per heavy atom. The second kappa shape index (κ2) is 6.76. The smallest absolute Gasteiger partial charge is 0.279 e. The normalized spacial score (nSPS) is 12.9. The van der Waals surface area contributed by atoms with Gasteiger partial charge in [0.1, 0.15) is 0 Å². The molecule has 11 heteroatoms. The average Bonchev–Trinajstić information content (AvgIpc) is 2.48. The standard InChI is InChI=1S/C15H10BrF6NO2S/c1-8-2-3-11(16)7-13(8)23-26(24,25)12-5-9(14(17,18)19)4-10(6-12)15(20,21)22/h2-7,23H,1H3. The van der Waals surface area contributed by atoms with Crippen molar-refractivity contribution in [2.45, 2.75) is 24.2 Å². The average molecular weight is 462 g/mol. The SMILES string of the molecule is Cc1ccc(Br)cc1NS(=O)(=O)c1cc(C(F)(F)F)cc(C(F)(F)F)c1. The fourth-order valence-electron chi connectivity index (χ4n) is 1.99. The summed E-state index contributed by atoms with van der Waals surface area (Å²) in [5.41, 5.74) is -2.97. The van der Waals surface area contributed by atoms with Gasteiger partial charge in [-0.05, 0) is 42.8 Å². The van der Waals surface area contributed by atoms with Gasteiger partial charge < -0.3 is 0 Å². The highest BCUT2D eigenvalue weighted by atomic mass is 79.9. The predicted molar refractivity (Wildman–Crippen MR) is 86.1 cm³/mol. The predicted octanol–water partition coefficient (Wildman–Crippen LogP) is 5.60. The minimum atomic E-state index is -5.14. The molecule has 0 atom stereocenters. The van der Waals surface area contributed by atoms with Gasteiger partial charge in [-0.25, -0.2) is 8.42 Å². The van der Waals surface area contributed by atoms with E-state index in [0.717, 1.165) is 0 Å². The maximum Gasteiger partial charge on any atom is 0.416 e. The molecule has 0 saturated carbocycles. The van der Waals surface area contributed by atoms with E-state index in [0.29, 0.717) is 10.0 Å². The second-order valence-corrected chi connectivity index (χ2v) is 7.90. The molecule has 0 unspecified atom stereocenters. The molecular weight excluding hydrogens is 452 g/mol. The van der Waals surface area contributed by atoms with E-state index in [-0.39, 0.29) is 23.9 Å². The first-order chi connectivity index (χ1) is 11.7. The summed E-state index contributed by atoms with van der Waals surface area (Å²) in [5.74, 6) is 0. The lowest BCUT2D eigenvalue weighted by molar-refractivity contribution is -0.143. The Morgan fingerprint density at radius 1 is 0.885 bits per heavy atom. The molecule has 0 bridgehead atoms. The molecule has 0 fully saturated rings. The summed E-state index contributed by atoms with van der Waals surface area (Å²) in [6.07, 6.45) is -10.3. The number of halogens is 7. The highest BCUT2D eigenvalue weighted by Crippen LogP contribution is 2.37. The largest absolute Gasteiger partial charge is 0.416 e. The van der Waals surface area contributed by atoms with E-state index in [4.69, 9.17) is 0 Å². The Hall–Kier alpha value is -1.75. The number of aryl methyl sites for hydroxylation is 1. The first-order valence-electron chi connectivity index (χ1n) is 6.78. The molecule has 0 aliphatic carbocycles. The van der Waals surface area contributed by atoms with Crippen molar-refractivity contribution >= 4 is 31.6 Å². The van der Waals surface area contributed by atoms with Crippen LogP contribution in [0.15, 0.2) is 45.8 Å². The highest BCUT2D eigenvalue weighted by molar-refractivity contribution is 9.10. The molecule has 3 nitrogen and oxygen atoms in total. The zero-order valence-electron chi connectivity index (χ0n) is 12.8. The Kier molecular flexibility index (Phi) is 5.35. The number of anilines is 1. The number of sulfonamides is 1. The molecule has 0 radical (unpaired) electrons. The third-order valence-electron chi connectivity index (χ3n) is 3.32. The number of nitrogens with one attached hydrogen (secondary N) is 1. The highest BCUT2D eigenvalue weighted by Gasteiger charge is 2.38. The number of hydrogen-bond donors (Lipinski definition) is 1. The fourth-order valence-corrected chi connectivity index (χ4v) is 3.54. The van der Waals surface area contributed by atoms with Crippen LogP contribution < -0.4 is 4.72 Å². The number of alkyl halides is 6. The van der Waals surface area contributed by atoms with E-state index in [1.165, 1.54) is 19.1 Å². The summed E-state index contributed by atoms with van der Waals surface area (Å²) < 4.78 is 104. The zero-order valence-corrected chi connectivity index (χ0v) is 15.2. The van der Waals surface area contributed by atoms with E-state index in [1.54, 1.807) is 6.07 Å². The van der Waals surface area contributed by atoms with E-state index in [1.807, 2.05) is 4.72 Å². The van der Waals surface area contributed by atoms with Gasteiger partial charge in [0.05, 0.1) is 21.7 Å². The van der Waals surface area contributed by atoms with Crippen molar-refractivity contribution in [1.29, 1.82) is 0 Å². The summed E-state index contributed by atoms with van der Waals surface area (Å²) in [5, 5.41) is 0. The molecule has 2 rings (SSSR count). The second-order valence-electron chi connectivity index (χ2n) is 5.31. The maximum absolute atomic E-state index is 12.9. The van der Waals surface area contributed by atoms with Crippen LogP contribution in [0.2, 0.25) is 0 Å². The summed E-state index contributed by atoms with van der Waals surface area (Å²) in [4.78, 5) is -1.14. The third kappa shape index (κ3) is 4.70. The molecule has 0 aliphatic rings. The summed E-state index contributed by atoms with van der Waals surface area (Å²) >= 11 is 3.10. The first kappa shape index (κ1) is 20.6. The van der Waals surface area contributed by atoms with Crippen molar-refractivity contribution < 1.29 is 34.8 Å². The van der Waals surface area contributed by atoms with Crippen LogP contribution in [0.3, 0.4) is 0 Å². The van der Waals surface area contributed by atoms with Gasteiger partial charge in [0.25, 0.3) is 10.0 Å². The van der Waals surface area contributed by atoms with Crippen LogP contribution in [0.1, 0.15) is 16.7 Å². The Labute approximate surface area is 153 Å². The lowest BCUT2D eigenvalue weighted by Gasteiger charge is -2.16. The van der Waals surface area contributed by atoms with E-state index >= 15 is 0 Å². The molecule has 0 heterocycles. The van der Waals surface area contributed by atoms with Crippen LogP contribution in [0.5, 0.6) is 0 Å². The molecule has 2 aromatic carbocycles. The lowest BCUT2D eigenvalue weighted by atomic mass is 10.1. The minimum Gasteiger partial charge on any atom is -0.279 e. The van der Waals surface area contributed by atoms with Crippen molar-refractivity contribution in [1.82, 2.24) is 0 Å². The van der Waals surface area contributed by atoms with E-state index in [9.17, 15) is 34.8 Å². The molecule has 1 N–H and O–H groups in total. The first-order valence-corrected chi connectivity index (χ1v) is 9.06. The van der Waals surface area contributed by atoms with Gasteiger partial charge in [-0.2, -0.15) is 26.3 Å². The van der Waals surface area contributed by atoms with Crippen LogP contribution in [-0.2, 0) is 22.4 Å². The monoisotopic (exact) mass is 461 g/mol. The molecule has 0 spiro atoms. The fraction of sp³-hybridized carbons (Fsp3) is 0.200. The Morgan fingerprint density at radius 3 is 1.85 bits per heavy atom. The zero-order chi connectivity index (χ0) is 19.9. The maximum atomic E-state index is 12.9. The Balaban J connectivity index is 2.60. The molecule has 0 aliphatic heterocycles. The van der Waals surface area contributed by atoms with Crippen molar-refractivity contribution in [2.75, 3.05) is 4.72 Å². The summed E-state index contributed by atoms with van der Waals surface area (Å²) in [7, 11) is -4.69. The molecule has 26 heavy (non-hydrogen) atoms. The molecule has 0 saturated heterocycles. The van der Waals surface area contributed by atoms with E-state index in [2.05, 4.69) is 15.9 Å². The van der Waals surface area contributed by atoms with Crippen molar-refractivity contribution in [2.24, 2.45) is 0 Å². The topological polar surface area (TPSA) is 46.2 Å². The van der Waals surface area contributed by atoms with Gasteiger partial charge in [0, 0.05) is 4.47 Å². The Bertz CT molecular complexity index is 906. The van der Waals surface area contributed by atoms with Crippen LogP contribution in [0, 0.1) is 6.92 Å². The molecular formula is C15H10BrF6NO2S. The molecule has 142 valence electrons.